The summed E-state index contributed by atoms with van der Waals surface area (Å²) in [5, 5.41) is 4.89. The molecule has 1 aliphatic heterocycles. The van der Waals surface area contributed by atoms with Gasteiger partial charge in [0.15, 0.2) is 5.13 Å². The molecular formula is C20H25N5O2S. The molecule has 4 rings (SSSR count). The number of rotatable bonds is 5. The van der Waals surface area contributed by atoms with Gasteiger partial charge in [-0.05, 0) is 43.2 Å². The lowest BCUT2D eigenvalue weighted by atomic mass is 10.1. The summed E-state index contributed by atoms with van der Waals surface area (Å²) in [6.07, 6.45) is 1.65. The van der Waals surface area contributed by atoms with Crippen LogP contribution in [-0.2, 0) is 11.8 Å². The molecule has 3 aromatic rings. The van der Waals surface area contributed by atoms with Crippen molar-refractivity contribution < 1.29 is 9.53 Å². The molecule has 8 heteroatoms. The summed E-state index contributed by atoms with van der Waals surface area (Å²) in [6.45, 7) is 8.85. The van der Waals surface area contributed by atoms with E-state index in [0.717, 1.165) is 48.2 Å². The Morgan fingerprint density at radius 3 is 2.71 bits per heavy atom. The lowest BCUT2D eigenvalue weighted by molar-refractivity contribution is 0.0391. The number of ether oxygens (including phenoxy) is 1. The van der Waals surface area contributed by atoms with Crippen LogP contribution in [0.25, 0.3) is 10.2 Å². The number of carbonyl (C=O) groups excluding carboxylic acids is 1. The van der Waals surface area contributed by atoms with Gasteiger partial charge < -0.3 is 4.74 Å². The van der Waals surface area contributed by atoms with E-state index in [4.69, 9.17) is 9.72 Å². The van der Waals surface area contributed by atoms with Crippen molar-refractivity contribution in [1.82, 2.24) is 19.7 Å². The molecule has 0 unspecified atom stereocenters. The molecule has 0 bridgehead atoms. The zero-order valence-electron chi connectivity index (χ0n) is 16.5. The zero-order valence-corrected chi connectivity index (χ0v) is 17.3. The van der Waals surface area contributed by atoms with Crippen LogP contribution in [0.1, 0.15) is 21.6 Å². The molecule has 1 saturated heterocycles. The Labute approximate surface area is 168 Å². The van der Waals surface area contributed by atoms with Crippen LogP contribution < -0.4 is 4.90 Å². The summed E-state index contributed by atoms with van der Waals surface area (Å²) in [5.74, 6) is -0.0687. The van der Waals surface area contributed by atoms with E-state index in [-0.39, 0.29) is 5.91 Å². The number of carbonyl (C=O) groups is 1. The second-order valence-corrected chi connectivity index (χ2v) is 8.16. The fourth-order valence-electron chi connectivity index (χ4n) is 3.36. The Morgan fingerprint density at radius 1 is 1.25 bits per heavy atom. The third-order valence-corrected chi connectivity index (χ3v) is 6.29. The standard InChI is InChI=1S/C20H25N5O2S/c1-14-12-16-18(13-15(14)2)28-20(22-16)25(7-6-24-8-10-27-11-9-24)19(26)17-4-5-21-23(17)3/h4-5,12-13H,6-11H2,1-3H3. The van der Waals surface area contributed by atoms with Gasteiger partial charge >= 0.3 is 0 Å². The average molecular weight is 400 g/mol. The van der Waals surface area contributed by atoms with Crippen LogP contribution in [0.4, 0.5) is 5.13 Å². The predicted octanol–water partition coefficient (Wildman–Crippen LogP) is 2.63. The number of fused-ring (bicyclic) bond motifs is 1. The average Bonchev–Trinajstić information content (AvgIpc) is 3.29. The highest BCUT2D eigenvalue weighted by Gasteiger charge is 2.24. The summed E-state index contributed by atoms with van der Waals surface area (Å²) < 4.78 is 8.15. The first-order valence-electron chi connectivity index (χ1n) is 9.50. The summed E-state index contributed by atoms with van der Waals surface area (Å²) in [6, 6.07) is 6.01. The van der Waals surface area contributed by atoms with E-state index in [1.54, 1.807) is 40.2 Å². The fraction of sp³-hybridized carbons (Fsp3) is 0.450. The maximum atomic E-state index is 13.3. The number of nitrogens with zero attached hydrogens (tertiary/aromatic N) is 5. The first kappa shape index (κ1) is 19.0. The number of thiazole rings is 1. The summed E-state index contributed by atoms with van der Waals surface area (Å²) in [4.78, 5) is 22.2. The van der Waals surface area contributed by atoms with E-state index in [9.17, 15) is 4.79 Å². The van der Waals surface area contributed by atoms with E-state index >= 15 is 0 Å². The second kappa shape index (κ2) is 7.98. The van der Waals surface area contributed by atoms with Crippen molar-refractivity contribution in [1.29, 1.82) is 0 Å². The molecule has 0 spiro atoms. The van der Waals surface area contributed by atoms with Crippen molar-refractivity contribution in [2.24, 2.45) is 7.05 Å². The number of aryl methyl sites for hydroxylation is 3. The Hall–Kier alpha value is -2.29. The number of morpholine rings is 1. The van der Waals surface area contributed by atoms with Crippen molar-refractivity contribution in [3.8, 4) is 0 Å². The molecule has 0 radical (unpaired) electrons. The van der Waals surface area contributed by atoms with Gasteiger partial charge in [0.1, 0.15) is 5.69 Å². The number of anilines is 1. The molecule has 1 amide bonds. The fourth-order valence-corrected chi connectivity index (χ4v) is 4.43. The van der Waals surface area contributed by atoms with Gasteiger partial charge in [-0.15, -0.1) is 0 Å². The molecule has 0 saturated carbocycles. The molecule has 0 atom stereocenters. The van der Waals surface area contributed by atoms with Crippen LogP contribution in [0.5, 0.6) is 0 Å². The zero-order chi connectivity index (χ0) is 19.7. The minimum Gasteiger partial charge on any atom is -0.379 e. The van der Waals surface area contributed by atoms with Crippen molar-refractivity contribution in [3.63, 3.8) is 0 Å². The van der Waals surface area contributed by atoms with Gasteiger partial charge in [-0.25, -0.2) is 4.98 Å². The molecule has 1 aromatic carbocycles. The van der Waals surface area contributed by atoms with Gasteiger partial charge in [0.2, 0.25) is 0 Å². The van der Waals surface area contributed by atoms with Crippen LogP contribution >= 0.6 is 11.3 Å². The van der Waals surface area contributed by atoms with Crippen LogP contribution in [0, 0.1) is 13.8 Å². The number of benzene rings is 1. The third-order valence-electron chi connectivity index (χ3n) is 5.25. The van der Waals surface area contributed by atoms with E-state index < -0.39 is 0 Å². The van der Waals surface area contributed by atoms with Gasteiger partial charge in [0.25, 0.3) is 5.91 Å². The van der Waals surface area contributed by atoms with E-state index in [0.29, 0.717) is 12.2 Å². The smallest absolute Gasteiger partial charge is 0.278 e. The Bertz CT molecular complexity index is 951. The maximum absolute atomic E-state index is 13.3. The molecule has 7 nitrogen and oxygen atoms in total. The Morgan fingerprint density at radius 2 is 2.00 bits per heavy atom. The predicted molar refractivity (Wildman–Crippen MR) is 111 cm³/mol. The highest BCUT2D eigenvalue weighted by atomic mass is 32.1. The highest BCUT2D eigenvalue weighted by molar-refractivity contribution is 7.22. The van der Waals surface area contributed by atoms with Crippen LogP contribution in [0.15, 0.2) is 24.4 Å². The van der Waals surface area contributed by atoms with Crippen molar-refractivity contribution in [2.75, 3.05) is 44.3 Å². The Balaban J connectivity index is 1.65. The van der Waals surface area contributed by atoms with E-state index in [1.807, 2.05) is 0 Å². The molecule has 2 aromatic heterocycles. The largest absolute Gasteiger partial charge is 0.379 e. The van der Waals surface area contributed by atoms with Crippen molar-refractivity contribution >= 4 is 32.6 Å². The SMILES string of the molecule is Cc1cc2nc(N(CCN3CCOCC3)C(=O)c3ccnn3C)sc2cc1C. The number of amides is 1. The monoisotopic (exact) mass is 399 g/mol. The van der Waals surface area contributed by atoms with Crippen molar-refractivity contribution in [2.45, 2.75) is 13.8 Å². The van der Waals surface area contributed by atoms with Gasteiger partial charge in [-0.1, -0.05) is 11.3 Å². The number of hydrogen-bond acceptors (Lipinski definition) is 6. The lowest BCUT2D eigenvalue weighted by Crippen LogP contribution is -2.43. The summed E-state index contributed by atoms with van der Waals surface area (Å²) in [7, 11) is 1.79. The van der Waals surface area contributed by atoms with E-state index in [2.05, 4.69) is 36.0 Å². The first-order chi connectivity index (χ1) is 13.5. The lowest BCUT2D eigenvalue weighted by Gasteiger charge is -2.29. The van der Waals surface area contributed by atoms with Crippen LogP contribution in [-0.4, -0.2) is 65.0 Å². The highest BCUT2D eigenvalue weighted by Crippen LogP contribution is 2.31. The maximum Gasteiger partial charge on any atom is 0.278 e. The normalized spacial score (nSPS) is 15.2. The minimum absolute atomic E-state index is 0.0687. The molecule has 0 N–H and O–H groups in total. The Kier molecular flexibility index (Phi) is 5.43. The van der Waals surface area contributed by atoms with Gasteiger partial charge in [0.05, 0.1) is 23.4 Å². The molecular weight excluding hydrogens is 374 g/mol. The molecule has 0 aliphatic carbocycles. The molecule has 1 fully saturated rings. The van der Waals surface area contributed by atoms with Gasteiger partial charge in [0, 0.05) is 39.4 Å². The summed E-state index contributed by atoms with van der Waals surface area (Å²) >= 11 is 1.57. The quantitative estimate of drug-likeness (QED) is 0.660. The van der Waals surface area contributed by atoms with Gasteiger partial charge in [-0.3, -0.25) is 19.3 Å². The molecule has 148 valence electrons. The van der Waals surface area contributed by atoms with Crippen LogP contribution in [0.2, 0.25) is 0 Å². The topological polar surface area (TPSA) is 63.5 Å². The molecule has 1 aliphatic rings. The number of aromatic nitrogens is 3. The van der Waals surface area contributed by atoms with Crippen molar-refractivity contribution in [3.05, 3.63) is 41.2 Å². The first-order valence-corrected chi connectivity index (χ1v) is 10.3. The van der Waals surface area contributed by atoms with Gasteiger partial charge in [-0.2, -0.15) is 5.10 Å². The molecule has 3 heterocycles. The van der Waals surface area contributed by atoms with Crippen LogP contribution in [0.3, 0.4) is 0 Å². The van der Waals surface area contributed by atoms with E-state index in [1.165, 1.54) is 11.1 Å². The second-order valence-electron chi connectivity index (χ2n) is 7.15. The third kappa shape index (κ3) is 3.80. The minimum atomic E-state index is -0.0687. The number of hydrogen-bond donors (Lipinski definition) is 0. The summed E-state index contributed by atoms with van der Waals surface area (Å²) in [5.41, 5.74) is 3.95. The molecule has 28 heavy (non-hydrogen) atoms.